The minimum atomic E-state index is -1.15. The predicted molar refractivity (Wildman–Crippen MR) is 77.3 cm³/mol. The number of halogens is 1. The lowest BCUT2D eigenvalue weighted by Gasteiger charge is -2.18. The molecule has 0 aliphatic carbocycles. The summed E-state index contributed by atoms with van der Waals surface area (Å²) in [4.78, 5) is 10.9. The summed E-state index contributed by atoms with van der Waals surface area (Å²) in [7, 11) is 0. The standard InChI is InChI=1S/C13H13ClN4O3/c14-11-6-10(12(15)18-17-11)21-7-9(16-13(19)20)8-4-2-1-3-5-8/h1-6,9,16H,7H2,(H2,15,18)(H,19,20). The average molecular weight is 309 g/mol. The monoisotopic (exact) mass is 308 g/mol. The Labute approximate surface area is 125 Å². The molecule has 2 rings (SSSR count). The molecule has 0 spiro atoms. The van der Waals surface area contributed by atoms with E-state index in [-0.39, 0.29) is 23.3 Å². The van der Waals surface area contributed by atoms with Crippen molar-refractivity contribution in [1.82, 2.24) is 15.5 Å². The Hall–Kier alpha value is -2.54. The van der Waals surface area contributed by atoms with Crippen LogP contribution >= 0.6 is 11.6 Å². The van der Waals surface area contributed by atoms with E-state index in [4.69, 9.17) is 27.2 Å². The van der Waals surface area contributed by atoms with Gasteiger partial charge in [-0.1, -0.05) is 41.9 Å². The van der Waals surface area contributed by atoms with Crippen molar-refractivity contribution in [3.05, 3.63) is 47.1 Å². The van der Waals surface area contributed by atoms with E-state index < -0.39 is 12.1 Å². The molecular formula is C13H13ClN4O3. The SMILES string of the molecule is Nc1nnc(Cl)cc1OCC(NC(=O)O)c1ccccc1. The number of amides is 1. The highest BCUT2D eigenvalue weighted by molar-refractivity contribution is 6.29. The molecule has 21 heavy (non-hydrogen) atoms. The Kier molecular flexibility index (Phi) is 4.78. The van der Waals surface area contributed by atoms with Crippen molar-refractivity contribution in [2.45, 2.75) is 6.04 Å². The Morgan fingerprint density at radius 2 is 2.10 bits per heavy atom. The summed E-state index contributed by atoms with van der Waals surface area (Å²) in [5.74, 6) is 0.338. The molecule has 0 saturated carbocycles. The third-order valence-corrected chi connectivity index (χ3v) is 2.85. The number of ether oxygens (including phenoxy) is 1. The van der Waals surface area contributed by atoms with Gasteiger partial charge in [-0.05, 0) is 5.56 Å². The largest absolute Gasteiger partial charge is 0.487 e. The summed E-state index contributed by atoms with van der Waals surface area (Å²) in [5, 5.41) is 18.6. The highest BCUT2D eigenvalue weighted by atomic mass is 35.5. The maximum atomic E-state index is 10.9. The molecule has 0 aliphatic rings. The molecule has 1 aromatic heterocycles. The quantitative estimate of drug-likeness (QED) is 0.780. The number of carboxylic acid groups (broad SMARTS) is 1. The number of nitrogens with two attached hydrogens (primary N) is 1. The van der Waals surface area contributed by atoms with Crippen LogP contribution in [0.3, 0.4) is 0 Å². The highest BCUT2D eigenvalue weighted by Crippen LogP contribution is 2.22. The van der Waals surface area contributed by atoms with Gasteiger partial charge in [0.1, 0.15) is 6.61 Å². The van der Waals surface area contributed by atoms with Crippen LogP contribution in [0.5, 0.6) is 5.75 Å². The lowest BCUT2D eigenvalue weighted by molar-refractivity contribution is 0.181. The number of aromatic nitrogens is 2. The zero-order valence-electron chi connectivity index (χ0n) is 10.9. The van der Waals surface area contributed by atoms with Crippen molar-refractivity contribution in [2.24, 2.45) is 0 Å². The van der Waals surface area contributed by atoms with Gasteiger partial charge in [0.05, 0.1) is 6.04 Å². The first-order chi connectivity index (χ1) is 10.1. The molecule has 7 nitrogen and oxygen atoms in total. The molecule has 4 N–H and O–H groups in total. The minimum Gasteiger partial charge on any atom is -0.487 e. The molecule has 0 aliphatic heterocycles. The second kappa shape index (κ2) is 6.76. The summed E-state index contributed by atoms with van der Waals surface area (Å²) < 4.78 is 5.50. The highest BCUT2D eigenvalue weighted by Gasteiger charge is 2.16. The van der Waals surface area contributed by atoms with Crippen molar-refractivity contribution in [1.29, 1.82) is 0 Å². The van der Waals surface area contributed by atoms with Crippen LogP contribution in [-0.4, -0.2) is 28.0 Å². The second-order valence-corrected chi connectivity index (χ2v) is 4.53. The third kappa shape index (κ3) is 4.22. The van der Waals surface area contributed by atoms with Crippen LogP contribution in [0.15, 0.2) is 36.4 Å². The van der Waals surface area contributed by atoms with Crippen LogP contribution in [0.4, 0.5) is 10.6 Å². The van der Waals surface area contributed by atoms with Gasteiger partial charge in [-0.3, -0.25) is 0 Å². The summed E-state index contributed by atoms with van der Waals surface area (Å²) in [6, 6.07) is 9.93. The van der Waals surface area contributed by atoms with Gasteiger partial charge < -0.3 is 20.9 Å². The number of rotatable bonds is 5. The van der Waals surface area contributed by atoms with E-state index in [1.165, 1.54) is 6.07 Å². The number of hydrogen-bond acceptors (Lipinski definition) is 5. The van der Waals surface area contributed by atoms with Gasteiger partial charge >= 0.3 is 6.09 Å². The van der Waals surface area contributed by atoms with Crippen molar-refractivity contribution < 1.29 is 14.6 Å². The van der Waals surface area contributed by atoms with E-state index >= 15 is 0 Å². The fraction of sp³-hybridized carbons (Fsp3) is 0.154. The van der Waals surface area contributed by atoms with Crippen LogP contribution < -0.4 is 15.8 Å². The maximum absolute atomic E-state index is 10.9. The lowest BCUT2D eigenvalue weighted by atomic mass is 10.1. The van der Waals surface area contributed by atoms with Crippen molar-refractivity contribution in [3.8, 4) is 5.75 Å². The molecular weight excluding hydrogens is 296 g/mol. The number of nitrogen functional groups attached to an aromatic ring is 1. The van der Waals surface area contributed by atoms with E-state index in [9.17, 15) is 4.79 Å². The van der Waals surface area contributed by atoms with Crippen LogP contribution in [0.25, 0.3) is 0 Å². The van der Waals surface area contributed by atoms with E-state index in [0.29, 0.717) is 0 Å². The van der Waals surface area contributed by atoms with E-state index in [1.807, 2.05) is 18.2 Å². The van der Waals surface area contributed by atoms with Gasteiger partial charge in [-0.2, -0.15) is 0 Å². The zero-order valence-corrected chi connectivity index (χ0v) is 11.6. The molecule has 1 heterocycles. The predicted octanol–water partition coefficient (Wildman–Crippen LogP) is 2.10. The smallest absolute Gasteiger partial charge is 0.405 e. The first-order valence-corrected chi connectivity index (χ1v) is 6.40. The number of benzene rings is 1. The fourth-order valence-electron chi connectivity index (χ4n) is 1.71. The summed E-state index contributed by atoms with van der Waals surface area (Å²) in [6.45, 7) is 0.0442. The van der Waals surface area contributed by atoms with Crippen LogP contribution in [-0.2, 0) is 0 Å². The first-order valence-electron chi connectivity index (χ1n) is 6.02. The number of nitrogens with one attached hydrogen (secondary N) is 1. The summed E-state index contributed by atoms with van der Waals surface area (Å²) in [6.07, 6.45) is -1.15. The molecule has 8 heteroatoms. The molecule has 1 aromatic carbocycles. The van der Waals surface area contributed by atoms with Gasteiger partial charge in [-0.25, -0.2) is 4.79 Å². The number of carbonyl (C=O) groups is 1. The third-order valence-electron chi connectivity index (χ3n) is 2.66. The number of nitrogens with zero attached hydrogens (tertiary/aromatic N) is 2. The van der Waals surface area contributed by atoms with E-state index in [1.54, 1.807) is 12.1 Å². The fourth-order valence-corrected chi connectivity index (χ4v) is 1.84. The van der Waals surface area contributed by atoms with Crippen LogP contribution in [0.2, 0.25) is 5.15 Å². The number of hydrogen-bond donors (Lipinski definition) is 3. The molecule has 1 amide bonds. The molecule has 0 radical (unpaired) electrons. The van der Waals surface area contributed by atoms with Crippen molar-refractivity contribution in [2.75, 3.05) is 12.3 Å². The summed E-state index contributed by atoms with van der Waals surface area (Å²) >= 11 is 5.71. The van der Waals surface area contributed by atoms with Gasteiger partial charge in [0, 0.05) is 6.07 Å². The Morgan fingerprint density at radius 1 is 1.38 bits per heavy atom. The maximum Gasteiger partial charge on any atom is 0.405 e. The average Bonchev–Trinajstić information content (AvgIpc) is 2.47. The Balaban J connectivity index is 2.12. The van der Waals surface area contributed by atoms with Crippen LogP contribution in [0.1, 0.15) is 11.6 Å². The minimum absolute atomic E-state index is 0.0442. The molecule has 110 valence electrons. The molecule has 1 unspecified atom stereocenters. The van der Waals surface area contributed by atoms with Gasteiger partial charge in [0.25, 0.3) is 0 Å². The van der Waals surface area contributed by atoms with Crippen molar-refractivity contribution in [3.63, 3.8) is 0 Å². The summed E-state index contributed by atoms with van der Waals surface area (Å²) in [5.41, 5.74) is 6.39. The molecule has 2 aromatic rings. The van der Waals surface area contributed by atoms with E-state index in [0.717, 1.165) is 5.56 Å². The topological polar surface area (TPSA) is 110 Å². The normalized spacial score (nSPS) is 11.7. The number of anilines is 1. The molecule has 0 saturated heterocycles. The van der Waals surface area contributed by atoms with Gasteiger partial charge in [0.15, 0.2) is 16.7 Å². The van der Waals surface area contributed by atoms with Gasteiger partial charge in [0.2, 0.25) is 0 Å². The van der Waals surface area contributed by atoms with Gasteiger partial charge in [-0.15, -0.1) is 10.2 Å². The van der Waals surface area contributed by atoms with Crippen LogP contribution in [0, 0.1) is 0 Å². The molecule has 0 fully saturated rings. The molecule has 1 atom stereocenters. The zero-order chi connectivity index (χ0) is 15.2. The molecule has 0 bridgehead atoms. The second-order valence-electron chi connectivity index (χ2n) is 4.14. The Morgan fingerprint density at radius 3 is 2.76 bits per heavy atom. The lowest BCUT2D eigenvalue weighted by Crippen LogP contribution is -2.31. The van der Waals surface area contributed by atoms with Crippen molar-refractivity contribution >= 4 is 23.5 Å². The van der Waals surface area contributed by atoms with E-state index in [2.05, 4.69) is 15.5 Å². The Bertz CT molecular complexity index is 624. The first kappa shape index (κ1) is 14.9.